The maximum atomic E-state index is 13.2. The molecule has 1 aromatic rings. The average molecular weight is 389 g/mol. The smallest absolute Gasteiger partial charge is 0.253 e. The van der Waals surface area contributed by atoms with Gasteiger partial charge < -0.3 is 15.0 Å². The first-order chi connectivity index (χ1) is 13.0. The Kier molecular flexibility index (Phi) is 5.21. The fourth-order valence-corrected chi connectivity index (χ4v) is 5.92. The first-order valence-electron chi connectivity index (χ1n) is 10.0. The van der Waals surface area contributed by atoms with Crippen molar-refractivity contribution in [1.82, 2.24) is 4.90 Å². The number of amides is 2. The SMILES string of the molecule is CCO[C@@H]1C[C@@H](N(C)C(=O)c2ccc3c(c2)NC(=O)CS3)C12CCCCC2. The largest absolute Gasteiger partial charge is 0.378 e. The molecule has 0 saturated heterocycles. The van der Waals surface area contributed by atoms with Crippen molar-refractivity contribution in [2.75, 3.05) is 24.7 Å². The van der Waals surface area contributed by atoms with Gasteiger partial charge in [-0.15, -0.1) is 11.8 Å². The molecule has 2 saturated carbocycles. The summed E-state index contributed by atoms with van der Waals surface area (Å²) in [5, 5.41) is 2.88. The van der Waals surface area contributed by atoms with Crippen molar-refractivity contribution in [3.05, 3.63) is 23.8 Å². The minimum Gasteiger partial charge on any atom is -0.378 e. The lowest BCUT2D eigenvalue weighted by molar-refractivity contribution is -0.170. The molecule has 2 fully saturated rings. The molecule has 1 N–H and O–H groups in total. The summed E-state index contributed by atoms with van der Waals surface area (Å²) in [6.45, 7) is 2.79. The molecule has 1 spiro atoms. The van der Waals surface area contributed by atoms with Gasteiger partial charge in [-0.3, -0.25) is 9.59 Å². The average Bonchev–Trinajstić information content (AvgIpc) is 2.69. The van der Waals surface area contributed by atoms with Crippen molar-refractivity contribution in [2.24, 2.45) is 5.41 Å². The van der Waals surface area contributed by atoms with Crippen LogP contribution in [0, 0.1) is 5.41 Å². The summed E-state index contributed by atoms with van der Waals surface area (Å²) in [7, 11) is 1.93. The number of benzene rings is 1. The Hall–Kier alpha value is -1.53. The van der Waals surface area contributed by atoms with E-state index < -0.39 is 0 Å². The zero-order valence-electron chi connectivity index (χ0n) is 16.1. The zero-order valence-corrected chi connectivity index (χ0v) is 16.9. The normalized spacial score (nSPS) is 26.1. The predicted molar refractivity (Wildman–Crippen MR) is 107 cm³/mol. The van der Waals surface area contributed by atoms with E-state index in [0.717, 1.165) is 36.5 Å². The molecule has 5 nitrogen and oxygen atoms in total. The second-order valence-electron chi connectivity index (χ2n) is 7.95. The Morgan fingerprint density at radius 1 is 1.33 bits per heavy atom. The molecule has 2 amide bonds. The van der Waals surface area contributed by atoms with Crippen molar-refractivity contribution in [3.63, 3.8) is 0 Å². The molecular weight excluding hydrogens is 360 g/mol. The highest BCUT2D eigenvalue weighted by Crippen LogP contribution is 2.55. The fourth-order valence-electron chi connectivity index (χ4n) is 5.13. The number of hydrogen-bond donors (Lipinski definition) is 1. The van der Waals surface area contributed by atoms with Crippen LogP contribution in [0.2, 0.25) is 0 Å². The minimum atomic E-state index is -0.00911. The first kappa shape index (κ1) is 18.8. The monoisotopic (exact) mass is 388 g/mol. The highest BCUT2D eigenvalue weighted by Gasteiger charge is 2.57. The van der Waals surface area contributed by atoms with Gasteiger partial charge in [-0.05, 0) is 44.4 Å². The molecule has 6 heteroatoms. The Morgan fingerprint density at radius 3 is 2.85 bits per heavy atom. The number of nitrogens with zero attached hydrogens (tertiary/aromatic N) is 1. The summed E-state index contributed by atoms with van der Waals surface area (Å²) in [4.78, 5) is 27.8. The summed E-state index contributed by atoms with van der Waals surface area (Å²) in [5.74, 6) is 0.460. The molecule has 0 aromatic heterocycles. The van der Waals surface area contributed by atoms with Gasteiger partial charge in [0.1, 0.15) is 0 Å². The third-order valence-electron chi connectivity index (χ3n) is 6.54. The number of carbonyl (C=O) groups is 2. The number of fused-ring (bicyclic) bond motifs is 1. The summed E-state index contributed by atoms with van der Waals surface area (Å²) < 4.78 is 6.03. The van der Waals surface area contributed by atoms with Crippen LogP contribution in [0.4, 0.5) is 5.69 Å². The highest BCUT2D eigenvalue weighted by atomic mass is 32.2. The summed E-state index contributed by atoms with van der Waals surface area (Å²) in [6, 6.07) is 5.89. The first-order valence-corrected chi connectivity index (χ1v) is 11.0. The number of ether oxygens (including phenoxy) is 1. The second-order valence-corrected chi connectivity index (χ2v) is 8.97. The van der Waals surface area contributed by atoms with Gasteiger partial charge in [0.2, 0.25) is 5.91 Å². The topological polar surface area (TPSA) is 58.6 Å². The maximum absolute atomic E-state index is 13.2. The molecule has 0 bridgehead atoms. The van der Waals surface area contributed by atoms with Gasteiger partial charge in [0, 0.05) is 35.6 Å². The molecular formula is C21H28N2O3S. The number of hydrogen-bond acceptors (Lipinski definition) is 4. The molecule has 27 heavy (non-hydrogen) atoms. The van der Waals surface area contributed by atoms with Crippen LogP contribution in [0.3, 0.4) is 0 Å². The second kappa shape index (κ2) is 7.47. The van der Waals surface area contributed by atoms with E-state index in [9.17, 15) is 9.59 Å². The maximum Gasteiger partial charge on any atom is 0.253 e. The van der Waals surface area contributed by atoms with E-state index in [0.29, 0.717) is 11.3 Å². The predicted octanol–water partition coefficient (Wildman–Crippen LogP) is 3.93. The molecule has 1 aromatic carbocycles. The Morgan fingerprint density at radius 2 is 2.11 bits per heavy atom. The van der Waals surface area contributed by atoms with Gasteiger partial charge in [0.25, 0.3) is 5.91 Å². The lowest BCUT2D eigenvalue weighted by Crippen LogP contribution is -2.65. The Balaban J connectivity index is 1.54. The number of carbonyl (C=O) groups excluding carboxylic acids is 2. The summed E-state index contributed by atoms with van der Waals surface area (Å²) >= 11 is 1.52. The molecule has 2 atom stereocenters. The summed E-state index contributed by atoms with van der Waals surface area (Å²) in [6.07, 6.45) is 7.24. The van der Waals surface area contributed by atoms with Gasteiger partial charge in [0.15, 0.2) is 0 Å². The van der Waals surface area contributed by atoms with Crippen molar-refractivity contribution < 1.29 is 14.3 Å². The van der Waals surface area contributed by atoms with Gasteiger partial charge in [-0.1, -0.05) is 19.3 Å². The van der Waals surface area contributed by atoms with E-state index in [1.165, 1.54) is 31.0 Å². The minimum absolute atomic E-state index is 0.00911. The number of anilines is 1. The van der Waals surface area contributed by atoms with Crippen LogP contribution in [-0.2, 0) is 9.53 Å². The van der Waals surface area contributed by atoms with Crippen LogP contribution >= 0.6 is 11.8 Å². The molecule has 1 heterocycles. The number of thioether (sulfide) groups is 1. The quantitative estimate of drug-likeness (QED) is 0.849. The van der Waals surface area contributed by atoms with Crippen LogP contribution < -0.4 is 5.32 Å². The number of nitrogens with one attached hydrogen (secondary N) is 1. The fraction of sp³-hybridized carbons (Fsp3) is 0.619. The van der Waals surface area contributed by atoms with Crippen LogP contribution in [0.5, 0.6) is 0 Å². The molecule has 4 rings (SSSR count). The van der Waals surface area contributed by atoms with E-state index in [-0.39, 0.29) is 29.4 Å². The van der Waals surface area contributed by atoms with Gasteiger partial charge >= 0.3 is 0 Å². The molecule has 0 unspecified atom stereocenters. The van der Waals surface area contributed by atoms with Gasteiger partial charge in [-0.2, -0.15) is 0 Å². The summed E-state index contributed by atoms with van der Waals surface area (Å²) in [5.41, 5.74) is 1.52. The van der Waals surface area contributed by atoms with Gasteiger partial charge in [0.05, 0.1) is 17.5 Å². The standard InChI is InChI=1S/C21H28N2O3S/c1-3-26-18-12-17(21(18)9-5-4-6-10-21)23(2)20(25)14-7-8-16-15(11-14)22-19(24)13-27-16/h7-8,11,17-18H,3-6,9-10,12-13H2,1-2H3,(H,22,24)/t17-,18-/m1/s1. The van der Waals surface area contributed by atoms with E-state index in [4.69, 9.17) is 4.74 Å². The third kappa shape index (κ3) is 3.27. The van der Waals surface area contributed by atoms with Gasteiger partial charge in [-0.25, -0.2) is 0 Å². The van der Waals surface area contributed by atoms with Crippen LogP contribution in [-0.4, -0.2) is 48.3 Å². The molecule has 2 aliphatic carbocycles. The molecule has 146 valence electrons. The van der Waals surface area contributed by atoms with E-state index in [1.54, 1.807) is 0 Å². The van der Waals surface area contributed by atoms with E-state index >= 15 is 0 Å². The third-order valence-corrected chi connectivity index (χ3v) is 7.62. The van der Waals surface area contributed by atoms with Crippen LogP contribution in [0.15, 0.2) is 23.1 Å². The van der Waals surface area contributed by atoms with Crippen LogP contribution in [0.1, 0.15) is 55.8 Å². The lowest BCUT2D eigenvalue weighted by Gasteiger charge is -2.60. The van der Waals surface area contributed by atoms with Crippen molar-refractivity contribution >= 4 is 29.3 Å². The Labute approximate surface area is 165 Å². The lowest BCUT2D eigenvalue weighted by atomic mass is 9.54. The van der Waals surface area contributed by atoms with E-state index in [2.05, 4.69) is 12.2 Å². The number of rotatable bonds is 4. The van der Waals surface area contributed by atoms with E-state index in [1.807, 2.05) is 30.1 Å². The Bertz CT molecular complexity index is 745. The molecule has 3 aliphatic rings. The van der Waals surface area contributed by atoms with Crippen molar-refractivity contribution in [2.45, 2.75) is 62.5 Å². The van der Waals surface area contributed by atoms with Crippen molar-refractivity contribution in [1.29, 1.82) is 0 Å². The van der Waals surface area contributed by atoms with Crippen LogP contribution in [0.25, 0.3) is 0 Å². The highest BCUT2D eigenvalue weighted by molar-refractivity contribution is 8.00. The molecule has 1 aliphatic heterocycles. The zero-order chi connectivity index (χ0) is 19.0. The molecule has 0 radical (unpaired) electrons. The van der Waals surface area contributed by atoms with Crippen molar-refractivity contribution in [3.8, 4) is 0 Å².